The van der Waals surface area contributed by atoms with Gasteiger partial charge in [-0.15, -0.1) is 0 Å². The zero-order valence-corrected chi connectivity index (χ0v) is 13.7. The Labute approximate surface area is 152 Å². The van der Waals surface area contributed by atoms with E-state index in [4.69, 9.17) is 5.11 Å². The molecule has 1 aliphatic heterocycles. The summed E-state index contributed by atoms with van der Waals surface area (Å²) in [6.45, 7) is 0. The lowest BCUT2D eigenvalue weighted by Gasteiger charge is -2.28. The number of urea groups is 1. The van der Waals surface area contributed by atoms with Crippen molar-refractivity contribution in [2.24, 2.45) is 10.9 Å². The van der Waals surface area contributed by atoms with Gasteiger partial charge in [-0.05, 0) is 24.3 Å². The lowest BCUT2D eigenvalue weighted by atomic mass is 10.1. The third kappa shape index (κ3) is 3.52. The Kier molecular flexibility index (Phi) is 4.67. The van der Waals surface area contributed by atoms with Gasteiger partial charge >= 0.3 is 12.0 Å². The third-order valence-electron chi connectivity index (χ3n) is 3.78. The van der Waals surface area contributed by atoms with Gasteiger partial charge in [0.1, 0.15) is 0 Å². The number of carbonyl (C=O) groups is 4. The molecule has 1 unspecified atom stereocenters. The van der Waals surface area contributed by atoms with Crippen LogP contribution in [0.1, 0.15) is 10.4 Å². The molecule has 9 heteroatoms. The summed E-state index contributed by atoms with van der Waals surface area (Å²) >= 11 is 0. The lowest BCUT2D eigenvalue weighted by molar-refractivity contribution is -0.268. The van der Waals surface area contributed by atoms with E-state index in [1.54, 1.807) is 18.2 Å². The zero-order valence-electron chi connectivity index (χ0n) is 13.7. The monoisotopic (exact) mass is 366 g/mol. The van der Waals surface area contributed by atoms with Crippen LogP contribution in [-0.2, 0) is 9.59 Å². The first kappa shape index (κ1) is 17.8. The number of carbonyl (C=O) groups excluding carboxylic acids is 3. The second-order valence-corrected chi connectivity index (χ2v) is 5.55. The molecule has 136 valence electrons. The van der Waals surface area contributed by atoms with Crippen LogP contribution in [0.4, 0.5) is 16.2 Å². The van der Waals surface area contributed by atoms with E-state index in [2.05, 4.69) is 10.3 Å². The van der Waals surface area contributed by atoms with Crippen LogP contribution < -0.4 is 15.3 Å². The van der Waals surface area contributed by atoms with Gasteiger partial charge < -0.3 is 10.2 Å². The Hall–Kier alpha value is -4.01. The van der Waals surface area contributed by atoms with E-state index in [1.165, 1.54) is 18.2 Å². The van der Waals surface area contributed by atoms with Gasteiger partial charge in [0.15, 0.2) is 5.92 Å². The second kappa shape index (κ2) is 7.08. The van der Waals surface area contributed by atoms with E-state index in [1.807, 2.05) is 0 Å². The summed E-state index contributed by atoms with van der Waals surface area (Å²) in [6, 6.07) is 10.5. The molecule has 2 N–H and O–H groups in total. The molecule has 1 atom stereocenters. The molecule has 0 aliphatic carbocycles. The van der Waals surface area contributed by atoms with Crippen molar-refractivity contribution < 1.29 is 29.4 Å². The summed E-state index contributed by atoms with van der Waals surface area (Å²) in [4.78, 5) is 52.4. The Morgan fingerprint density at radius 2 is 1.85 bits per heavy atom. The average Bonchev–Trinajstić information content (AvgIpc) is 2.63. The molecule has 0 saturated carbocycles. The van der Waals surface area contributed by atoms with E-state index in [0.29, 0.717) is 0 Å². The summed E-state index contributed by atoms with van der Waals surface area (Å²) in [5, 5.41) is 22.5. The minimum absolute atomic E-state index is 0.0794. The highest BCUT2D eigenvalue weighted by molar-refractivity contribution is 6.32. The maximum Gasteiger partial charge on any atom is 0.335 e. The molecule has 27 heavy (non-hydrogen) atoms. The molecule has 1 aliphatic rings. The van der Waals surface area contributed by atoms with E-state index in [0.717, 1.165) is 23.2 Å². The molecule has 3 rings (SSSR count). The molecule has 0 bridgehead atoms. The summed E-state index contributed by atoms with van der Waals surface area (Å²) in [6.07, 6.45) is 1.01. The van der Waals surface area contributed by atoms with Crippen molar-refractivity contribution in [3.05, 3.63) is 54.1 Å². The van der Waals surface area contributed by atoms with Gasteiger partial charge in [-0.2, -0.15) is 0 Å². The topological polar surface area (TPSA) is 139 Å². The van der Waals surface area contributed by atoms with Crippen LogP contribution in [-0.4, -0.2) is 35.1 Å². The highest BCUT2D eigenvalue weighted by Gasteiger charge is 2.40. The predicted octanol–water partition coefficient (Wildman–Crippen LogP) is 1.06. The average molecular weight is 366 g/mol. The molecule has 2 aromatic rings. The molecule has 4 amide bonds. The number of para-hydroxylation sites is 1. The molecule has 9 nitrogen and oxygen atoms in total. The van der Waals surface area contributed by atoms with Gasteiger partial charge in [0.2, 0.25) is 5.91 Å². The number of nitrogens with one attached hydrogen (secondary N) is 1. The fourth-order valence-corrected chi connectivity index (χ4v) is 2.47. The number of aliphatic imine (C=N–C) groups is 1. The molecular weight excluding hydrogens is 354 g/mol. The van der Waals surface area contributed by atoms with E-state index >= 15 is 0 Å². The molecular formula is C18H12N3O6-. The number of hydrogen-bond donors (Lipinski definition) is 2. The molecule has 0 radical (unpaired) electrons. The molecule has 0 aromatic heterocycles. The standard InChI is InChI=1S/C18H13N3O6/c22-14-7-6-10(8-12(14)17(25)26)19-9-13-15(23)20-18(27)21(16(13)24)11-4-2-1-3-5-11/h1-9,13,22H,(H,25,26)(H,20,23,27)/p-1. The number of rotatable bonds is 4. The van der Waals surface area contributed by atoms with Crippen molar-refractivity contribution in [3.8, 4) is 5.75 Å². The first-order valence-corrected chi connectivity index (χ1v) is 7.71. The van der Waals surface area contributed by atoms with Crippen molar-refractivity contribution >= 4 is 41.4 Å². The van der Waals surface area contributed by atoms with Gasteiger partial charge in [-0.1, -0.05) is 30.0 Å². The number of benzene rings is 2. The number of carboxylic acids is 1. The molecule has 1 fully saturated rings. The Bertz CT molecular complexity index is 970. The number of nitrogens with zero attached hydrogens (tertiary/aromatic N) is 2. The first-order chi connectivity index (χ1) is 12.9. The van der Waals surface area contributed by atoms with E-state index < -0.39 is 41.0 Å². The van der Waals surface area contributed by atoms with Crippen LogP contribution in [0.25, 0.3) is 0 Å². The van der Waals surface area contributed by atoms with Gasteiger partial charge in [-0.3, -0.25) is 19.9 Å². The van der Waals surface area contributed by atoms with Crippen LogP contribution in [0.5, 0.6) is 5.75 Å². The highest BCUT2D eigenvalue weighted by Crippen LogP contribution is 2.23. The first-order valence-electron chi connectivity index (χ1n) is 7.71. The van der Waals surface area contributed by atoms with Crippen LogP contribution in [0.3, 0.4) is 0 Å². The summed E-state index contributed by atoms with van der Waals surface area (Å²) in [5.41, 5.74) is -0.115. The number of carboxylic acid groups (broad SMARTS) is 1. The molecule has 1 saturated heterocycles. The van der Waals surface area contributed by atoms with Crippen molar-refractivity contribution in [1.82, 2.24) is 5.32 Å². The Balaban J connectivity index is 1.89. The third-order valence-corrected chi connectivity index (χ3v) is 3.78. The fraction of sp³-hybridized carbons (Fsp3) is 0.0556. The van der Waals surface area contributed by atoms with Crippen molar-refractivity contribution in [2.75, 3.05) is 4.90 Å². The minimum atomic E-state index is -1.41. The maximum absolute atomic E-state index is 12.6. The minimum Gasteiger partial charge on any atom is -0.872 e. The van der Waals surface area contributed by atoms with Crippen LogP contribution in [0.15, 0.2) is 53.5 Å². The van der Waals surface area contributed by atoms with Crippen LogP contribution >= 0.6 is 0 Å². The quantitative estimate of drug-likeness (QED) is 0.613. The normalized spacial score (nSPS) is 17.3. The number of aromatic carboxylic acids is 1. The van der Waals surface area contributed by atoms with Crippen LogP contribution in [0.2, 0.25) is 0 Å². The molecule has 2 aromatic carbocycles. The lowest BCUT2D eigenvalue weighted by Crippen LogP contribution is -2.58. The fourth-order valence-electron chi connectivity index (χ4n) is 2.47. The van der Waals surface area contributed by atoms with E-state index in [-0.39, 0.29) is 11.4 Å². The van der Waals surface area contributed by atoms with Gasteiger partial charge in [-0.25, -0.2) is 14.5 Å². The highest BCUT2D eigenvalue weighted by atomic mass is 16.4. The smallest absolute Gasteiger partial charge is 0.335 e. The summed E-state index contributed by atoms with van der Waals surface area (Å²) in [5.74, 6) is -5.13. The van der Waals surface area contributed by atoms with Gasteiger partial charge in [0.05, 0.1) is 16.9 Å². The number of barbiturate groups is 1. The van der Waals surface area contributed by atoms with Gasteiger partial charge in [0.25, 0.3) is 5.91 Å². The summed E-state index contributed by atoms with van der Waals surface area (Å²) in [7, 11) is 0. The zero-order chi connectivity index (χ0) is 19.6. The van der Waals surface area contributed by atoms with Gasteiger partial charge in [0, 0.05) is 6.21 Å². The number of amides is 4. The Morgan fingerprint density at radius 3 is 2.52 bits per heavy atom. The van der Waals surface area contributed by atoms with E-state index in [9.17, 15) is 24.3 Å². The van der Waals surface area contributed by atoms with Crippen LogP contribution in [0, 0.1) is 5.92 Å². The van der Waals surface area contributed by atoms with Crippen molar-refractivity contribution in [3.63, 3.8) is 0 Å². The maximum atomic E-state index is 12.6. The predicted molar refractivity (Wildman–Crippen MR) is 92.0 cm³/mol. The SMILES string of the molecule is O=C(O)c1cc(N=CC2C(=O)NC(=O)N(c3ccccc3)C2=O)ccc1[O-]. The number of hydrogen-bond acceptors (Lipinski definition) is 6. The Morgan fingerprint density at radius 1 is 1.15 bits per heavy atom. The number of imide groups is 2. The molecule has 0 spiro atoms. The second-order valence-electron chi connectivity index (χ2n) is 5.55. The molecule has 1 heterocycles. The van der Waals surface area contributed by atoms with Crippen molar-refractivity contribution in [2.45, 2.75) is 0 Å². The largest absolute Gasteiger partial charge is 0.872 e. The summed E-state index contributed by atoms with van der Waals surface area (Å²) < 4.78 is 0. The number of anilines is 1. The van der Waals surface area contributed by atoms with Crippen molar-refractivity contribution in [1.29, 1.82) is 0 Å².